The standard InChI is InChI=1S/C13H12N2O.K/c16-13(14-11-7-3-1-4-8-11)15-12-9-5-2-6-10-12;/h1-10H,(H2,14,15,16);. The number of carbonyl (C=O) groups is 1. The Bertz CT molecular complexity index is 416. The molecule has 0 bridgehead atoms. The average molecular weight is 251 g/mol. The van der Waals surface area contributed by atoms with Crippen LogP contribution in [0.1, 0.15) is 0 Å². The smallest absolute Gasteiger partial charge is 0.308 e. The van der Waals surface area contributed by atoms with E-state index in [1.54, 1.807) is 0 Å². The fraction of sp³-hybridized carbons (Fsp3) is 0. The summed E-state index contributed by atoms with van der Waals surface area (Å²) in [7, 11) is 0. The van der Waals surface area contributed by atoms with Gasteiger partial charge < -0.3 is 10.6 Å². The molecule has 2 amide bonds. The van der Waals surface area contributed by atoms with Crippen molar-refractivity contribution in [2.45, 2.75) is 0 Å². The minimum absolute atomic E-state index is 0. The molecule has 0 heterocycles. The van der Waals surface area contributed by atoms with E-state index in [-0.39, 0.29) is 57.4 Å². The maximum absolute atomic E-state index is 11.6. The minimum Gasteiger partial charge on any atom is -0.308 e. The zero-order chi connectivity index (χ0) is 11.2. The van der Waals surface area contributed by atoms with Crippen molar-refractivity contribution in [3.63, 3.8) is 0 Å². The van der Waals surface area contributed by atoms with Gasteiger partial charge in [-0.05, 0) is 24.3 Å². The molecule has 0 aliphatic carbocycles. The van der Waals surface area contributed by atoms with E-state index in [0.29, 0.717) is 0 Å². The Kier molecular flexibility index (Phi) is 6.47. The van der Waals surface area contributed by atoms with Crippen molar-refractivity contribution in [3.05, 3.63) is 60.7 Å². The van der Waals surface area contributed by atoms with E-state index in [2.05, 4.69) is 10.6 Å². The van der Waals surface area contributed by atoms with Crippen molar-refractivity contribution in [1.82, 2.24) is 0 Å². The van der Waals surface area contributed by atoms with Crippen molar-refractivity contribution in [2.75, 3.05) is 10.6 Å². The molecule has 2 N–H and O–H groups in total. The number of hydrogen-bond acceptors (Lipinski definition) is 1. The molecule has 1 radical (unpaired) electrons. The van der Waals surface area contributed by atoms with E-state index < -0.39 is 0 Å². The van der Waals surface area contributed by atoms with Gasteiger partial charge in [0.1, 0.15) is 0 Å². The van der Waals surface area contributed by atoms with Crippen molar-refractivity contribution in [3.8, 4) is 0 Å². The number of hydrogen-bond donors (Lipinski definition) is 2. The Morgan fingerprint density at radius 2 is 1.06 bits per heavy atom. The molecule has 0 atom stereocenters. The van der Waals surface area contributed by atoms with Crippen molar-refractivity contribution >= 4 is 68.8 Å². The molecule has 0 spiro atoms. The summed E-state index contributed by atoms with van der Waals surface area (Å²) in [6.45, 7) is 0. The number of amides is 2. The maximum Gasteiger partial charge on any atom is 0.323 e. The van der Waals surface area contributed by atoms with Crippen LogP contribution in [0.5, 0.6) is 0 Å². The monoisotopic (exact) mass is 251 g/mol. The van der Waals surface area contributed by atoms with Gasteiger partial charge in [-0.25, -0.2) is 4.79 Å². The van der Waals surface area contributed by atoms with Gasteiger partial charge in [0.05, 0.1) is 0 Å². The number of para-hydroxylation sites is 2. The third-order valence-electron chi connectivity index (χ3n) is 2.06. The number of urea groups is 1. The Labute approximate surface area is 143 Å². The Balaban J connectivity index is 0.00000144. The fourth-order valence-corrected chi connectivity index (χ4v) is 1.34. The Hall–Kier alpha value is -0.654. The van der Waals surface area contributed by atoms with Crippen molar-refractivity contribution in [1.29, 1.82) is 0 Å². The Morgan fingerprint density at radius 1 is 0.706 bits per heavy atom. The molecule has 2 rings (SSSR count). The molecule has 0 unspecified atom stereocenters. The molecule has 2 aromatic rings. The molecule has 0 saturated heterocycles. The van der Waals surface area contributed by atoms with Gasteiger partial charge in [-0.3, -0.25) is 0 Å². The van der Waals surface area contributed by atoms with E-state index in [4.69, 9.17) is 0 Å². The summed E-state index contributed by atoms with van der Waals surface area (Å²) in [5, 5.41) is 5.48. The molecule has 0 saturated carbocycles. The van der Waals surface area contributed by atoms with E-state index in [1.165, 1.54) is 0 Å². The molecule has 17 heavy (non-hydrogen) atoms. The van der Waals surface area contributed by atoms with Crippen LogP contribution in [0.15, 0.2) is 60.7 Å². The summed E-state index contributed by atoms with van der Waals surface area (Å²) < 4.78 is 0. The second-order valence-corrected chi connectivity index (χ2v) is 3.31. The van der Waals surface area contributed by atoms with Gasteiger partial charge in [0.2, 0.25) is 0 Å². The first kappa shape index (κ1) is 14.4. The molecule has 3 nitrogen and oxygen atoms in total. The summed E-state index contributed by atoms with van der Waals surface area (Å²) in [5.41, 5.74) is 1.55. The summed E-state index contributed by atoms with van der Waals surface area (Å²) in [6.07, 6.45) is 0. The van der Waals surface area contributed by atoms with E-state index in [0.717, 1.165) is 11.4 Å². The normalized spacial score (nSPS) is 8.94. The van der Waals surface area contributed by atoms with Crippen LogP contribution >= 0.6 is 0 Å². The quantitative estimate of drug-likeness (QED) is 0.792. The minimum atomic E-state index is -0.239. The van der Waals surface area contributed by atoms with Crippen LogP contribution in [0.25, 0.3) is 0 Å². The number of rotatable bonds is 2. The van der Waals surface area contributed by atoms with Crippen LogP contribution in [0.4, 0.5) is 16.2 Å². The molecule has 0 aliphatic heterocycles. The van der Waals surface area contributed by atoms with Gasteiger partial charge in [0, 0.05) is 62.8 Å². The van der Waals surface area contributed by atoms with Gasteiger partial charge in [0.15, 0.2) is 0 Å². The van der Waals surface area contributed by atoms with Gasteiger partial charge in [-0.15, -0.1) is 0 Å². The summed E-state index contributed by atoms with van der Waals surface area (Å²) in [6, 6.07) is 18.4. The molecule has 0 fully saturated rings. The molecule has 2 aromatic carbocycles. The van der Waals surface area contributed by atoms with Gasteiger partial charge in [-0.2, -0.15) is 0 Å². The summed E-state index contributed by atoms with van der Waals surface area (Å²) >= 11 is 0. The first-order valence-electron chi connectivity index (χ1n) is 5.03. The third-order valence-corrected chi connectivity index (χ3v) is 2.06. The zero-order valence-electron chi connectivity index (χ0n) is 9.68. The number of benzene rings is 2. The number of carbonyl (C=O) groups excluding carboxylic acids is 1. The second-order valence-electron chi connectivity index (χ2n) is 3.31. The van der Waals surface area contributed by atoms with E-state index in [1.807, 2.05) is 60.7 Å². The molecule has 4 heteroatoms. The van der Waals surface area contributed by atoms with Crippen LogP contribution in [0.3, 0.4) is 0 Å². The van der Waals surface area contributed by atoms with Crippen LogP contribution < -0.4 is 10.6 Å². The topological polar surface area (TPSA) is 41.1 Å². The van der Waals surface area contributed by atoms with Gasteiger partial charge in [-0.1, -0.05) is 36.4 Å². The second kappa shape index (κ2) is 7.63. The van der Waals surface area contributed by atoms with Crippen LogP contribution in [0, 0.1) is 0 Å². The van der Waals surface area contributed by atoms with Gasteiger partial charge >= 0.3 is 6.03 Å². The predicted molar refractivity (Wildman–Crippen MR) is 71.3 cm³/mol. The summed E-state index contributed by atoms with van der Waals surface area (Å²) in [4.78, 5) is 11.6. The largest absolute Gasteiger partial charge is 0.323 e. The van der Waals surface area contributed by atoms with Crippen molar-refractivity contribution < 1.29 is 4.79 Å². The number of nitrogens with one attached hydrogen (secondary N) is 2. The third kappa shape index (κ3) is 5.02. The van der Waals surface area contributed by atoms with Crippen molar-refractivity contribution in [2.24, 2.45) is 0 Å². The van der Waals surface area contributed by atoms with E-state index >= 15 is 0 Å². The molecular formula is C13H12KN2O. The number of anilines is 2. The van der Waals surface area contributed by atoms with Gasteiger partial charge in [0.25, 0.3) is 0 Å². The van der Waals surface area contributed by atoms with Crippen LogP contribution in [-0.4, -0.2) is 57.4 Å². The average Bonchev–Trinajstić information content (AvgIpc) is 2.31. The Morgan fingerprint density at radius 3 is 1.41 bits per heavy atom. The summed E-state index contributed by atoms with van der Waals surface area (Å²) in [5.74, 6) is 0. The maximum atomic E-state index is 11.6. The van der Waals surface area contributed by atoms with Crippen LogP contribution in [-0.2, 0) is 0 Å². The fourth-order valence-electron chi connectivity index (χ4n) is 1.34. The molecule has 0 aromatic heterocycles. The van der Waals surface area contributed by atoms with E-state index in [9.17, 15) is 4.79 Å². The van der Waals surface area contributed by atoms with Crippen LogP contribution in [0.2, 0.25) is 0 Å². The first-order valence-corrected chi connectivity index (χ1v) is 5.03. The molecule has 0 aliphatic rings. The zero-order valence-corrected chi connectivity index (χ0v) is 12.8. The first-order chi connectivity index (χ1) is 7.84. The molecular weight excluding hydrogens is 239 g/mol. The predicted octanol–water partition coefficient (Wildman–Crippen LogP) is 2.95. The molecule has 81 valence electrons. The SMILES string of the molecule is O=C(Nc1ccccc1)Nc1ccccc1.[K].